The predicted octanol–water partition coefficient (Wildman–Crippen LogP) is 2.58. The Hall–Kier alpha value is -0.860. The molecule has 0 bridgehead atoms. The molecule has 1 aromatic rings. The third-order valence-corrected chi connectivity index (χ3v) is 3.64. The molecule has 1 aliphatic rings. The Labute approximate surface area is 104 Å². The summed E-state index contributed by atoms with van der Waals surface area (Å²) in [5.41, 5.74) is 7.57. The van der Waals surface area contributed by atoms with E-state index in [0.717, 1.165) is 24.8 Å². The van der Waals surface area contributed by atoms with Gasteiger partial charge in [0.15, 0.2) is 0 Å². The first kappa shape index (κ1) is 12.6. The molecule has 2 rings (SSSR count). The van der Waals surface area contributed by atoms with Crippen molar-refractivity contribution in [3.05, 3.63) is 35.4 Å². The molecule has 17 heavy (non-hydrogen) atoms. The Balaban J connectivity index is 2.21. The van der Waals surface area contributed by atoms with Gasteiger partial charge in [0.1, 0.15) is 0 Å². The van der Waals surface area contributed by atoms with Crippen LogP contribution in [0.2, 0.25) is 0 Å². The summed E-state index contributed by atoms with van der Waals surface area (Å²) >= 11 is 0. The second-order valence-electron chi connectivity index (χ2n) is 5.83. The van der Waals surface area contributed by atoms with Crippen molar-refractivity contribution >= 4 is 0 Å². The molecule has 2 unspecified atom stereocenters. The van der Waals surface area contributed by atoms with Gasteiger partial charge in [-0.3, -0.25) is 0 Å². The Bertz CT molecular complexity index is 388. The molecule has 0 spiro atoms. The molecule has 0 saturated heterocycles. The van der Waals surface area contributed by atoms with Crippen molar-refractivity contribution in [3.63, 3.8) is 0 Å². The summed E-state index contributed by atoms with van der Waals surface area (Å²) in [5, 5.41) is 10.6. The predicted molar refractivity (Wildman–Crippen MR) is 70.7 cm³/mol. The number of nitrogens with two attached hydrogens (primary N) is 1. The smallest absolute Gasteiger partial charge is 0.0912 e. The molecule has 2 heteroatoms. The van der Waals surface area contributed by atoms with Crippen LogP contribution in [0.1, 0.15) is 44.2 Å². The van der Waals surface area contributed by atoms with E-state index in [1.807, 2.05) is 6.07 Å². The minimum Gasteiger partial charge on any atom is -0.385 e. The van der Waals surface area contributed by atoms with Gasteiger partial charge in [-0.15, -0.1) is 0 Å². The number of hydrogen-bond donors (Lipinski definition) is 2. The highest BCUT2D eigenvalue weighted by molar-refractivity contribution is 5.29. The zero-order valence-electron chi connectivity index (χ0n) is 10.8. The van der Waals surface area contributed by atoms with Gasteiger partial charge in [-0.05, 0) is 42.7 Å². The van der Waals surface area contributed by atoms with Gasteiger partial charge >= 0.3 is 0 Å². The van der Waals surface area contributed by atoms with Crippen LogP contribution in [0.3, 0.4) is 0 Å². The maximum Gasteiger partial charge on any atom is 0.0912 e. The molecular formula is C15H23NO. The highest BCUT2D eigenvalue weighted by Crippen LogP contribution is 2.38. The number of benzene rings is 1. The average Bonchev–Trinajstić information content (AvgIpc) is 2.59. The van der Waals surface area contributed by atoms with Gasteiger partial charge in [0.05, 0.1) is 5.60 Å². The molecule has 1 saturated carbocycles. The van der Waals surface area contributed by atoms with Crippen molar-refractivity contribution < 1.29 is 5.11 Å². The van der Waals surface area contributed by atoms with E-state index in [0.29, 0.717) is 12.3 Å². The van der Waals surface area contributed by atoms with Gasteiger partial charge < -0.3 is 10.8 Å². The van der Waals surface area contributed by atoms with E-state index in [9.17, 15) is 5.11 Å². The van der Waals surface area contributed by atoms with Crippen molar-refractivity contribution in [2.24, 2.45) is 11.7 Å². The van der Waals surface area contributed by atoms with Crippen LogP contribution >= 0.6 is 0 Å². The third kappa shape index (κ3) is 2.88. The van der Waals surface area contributed by atoms with Gasteiger partial charge in [-0.2, -0.15) is 0 Å². The van der Waals surface area contributed by atoms with E-state index in [2.05, 4.69) is 32.0 Å². The Morgan fingerprint density at radius 3 is 2.82 bits per heavy atom. The maximum absolute atomic E-state index is 10.6. The summed E-state index contributed by atoms with van der Waals surface area (Å²) in [6.45, 7) is 4.43. The van der Waals surface area contributed by atoms with Gasteiger partial charge in [0.25, 0.3) is 0 Å². The lowest BCUT2D eigenvalue weighted by atomic mass is 9.89. The Morgan fingerprint density at radius 2 is 2.24 bits per heavy atom. The molecule has 0 aromatic heterocycles. The van der Waals surface area contributed by atoms with E-state index in [1.54, 1.807) is 0 Å². The molecule has 0 aliphatic heterocycles. The van der Waals surface area contributed by atoms with Gasteiger partial charge in [0.2, 0.25) is 0 Å². The summed E-state index contributed by atoms with van der Waals surface area (Å²) in [6, 6.07) is 8.52. The van der Waals surface area contributed by atoms with Gasteiger partial charge in [-0.1, -0.05) is 38.1 Å². The van der Waals surface area contributed by atoms with Crippen LogP contribution in [0.4, 0.5) is 0 Å². The maximum atomic E-state index is 10.6. The van der Waals surface area contributed by atoms with Crippen LogP contribution in [0.5, 0.6) is 0 Å². The normalized spacial score (nSPS) is 28.9. The Kier molecular flexibility index (Phi) is 3.55. The summed E-state index contributed by atoms with van der Waals surface area (Å²) in [6.07, 6.45) is 3.47. The SMILES string of the molecule is CC(C)Cc1cccc(C2(O)CCC(N)C2)c1. The van der Waals surface area contributed by atoms with Crippen molar-refractivity contribution in [1.29, 1.82) is 0 Å². The number of hydrogen-bond acceptors (Lipinski definition) is 2. The quantitative estimate of drug-likeness (QED) is 0.843. The zero-order valence-corrected chi connectivity index (χ0v) is 10.8. The van der Waals surface area contributed by atoms with Crippen LogP contribution in [-0.4, -0.2) is 11.1 Å². The van der Waals surface area contributed by atoms with E-state index < -0.39 is 5.60 Å². The fourth-order valence-electron chi connectivity index (χ4n) is 2.78. The molecule has 0 heterocycles. The minimum atomic E-state index is -0.688. The fourth-order valence-corrected chi connectivity index (χ4v) is 2.78. The molecule has 2 nitrogen and oxygen atoms in total. The van der Waals surface area contributed by atoms with Crippen LogP contribution in [-0.2, 0) is 12.0 Å². The lowest BCUT2D eigenvalue weighted by molar-refractivity contribution is 0.0430. The van der Waals surface area contributed by atoms with E-state index in [4.69, 9.17) is 5.73 Å². The summed E-state index contributed by atoms with van der Waals surface area (Å²) in [4.78, 5) is 0. The first-order valence-electron chi connectivity index (χ1n) is 6.57. The van der Waals surface area contributed by atoms with Crippen LogP contribution in [0.25, 0.3) is 0 Å². The topological polar surface area (TPSA) is 46.2 Å². The van der Waals surface area contributed by atoms with Crippen LogP contribution in [0, 0.1) is 5.92 Å². The van der Waals surface area contributed by atoms with E-state index in [-0.39, 0.29) is 6.04 Å². The standard InChI is InChI=1S/C15H23NO/c1-11(2)8-12-4-3-5-13(9-12)15(17)7-6-14(16)10-15/h3-5,9,11,14,17H,6-8,10,16H2,1-2H3. The van der Waals surface area contributed by atoms with Crippen LogP contribution in [0.15, 0.2) is 24.3 Å². The molecule has 0 amide bonds. The van der Waals surface area contributed by atoms with Gasteiger partial charge in [0, 0.05) is 6.04 Å². The van der Waals surface area contributed by atoms with Crippen molar-refractivity contribution in [2.75, 3.05) is 0 Å². The van der Waals surface area contributed by atoms with E-state index in [1.165, 1.54) is 5.56 Å². The molecule has 2 atom stereocenters. The molecule has 1 aliphatic carbocycles. The molecule has 94 valence electrons. The fraction of sp³-hybridized carbons (Fsp3) is 0.600. The number of rotatable bonds is 3. The van der Waals surface area contributed by atoms with Crippen molar-refractivity contribution in [1.82, 2.24) is 0 Å². The third-order valence-electron chi connectivity index (χ3n) is 3.64. The number of aliphatic hydroxyl groups is 1. The monoisotopic (exact) mass is 233 g/mol. The lowest BCUT2D eigenvalue weighted by Gasteiger charge is -2.24. The zero-order chi connectivity index (χ0) is 12.5. The van der Waals surface area contributed by atoms with Crippen molar-refractivity contribution in [3.8, 4) is 0 Å². The van der Waals surface area contributed by atoms with Gasteiger partial charge in [-0.25, -0.2) is 0 Å². The first-order chi connectivity index (χ1) is 7.99. The molecule has 3 N–H and O–H groups in total. The van der Waals surface area contributed by atoms with E-state index >= 15 is 0 Å². The Morgan fingerprint density at radius 1 is 1.47 bits per heavy atom. The molecule has 0 radical (unpaired) electrons. The highest BCUT2D eigenvalue weighted by atomic mass is 16.3. The molecular weight excluding hydrogens is 210 g/mol. The van der Waals surface area contributed by atoms with Crippen molar-refractivity contribution in [2.45, 2.75) is 51.2 Å². The largest absolute Gasteiger partial charge is 0.385 e. The summed E-state index contributed by atoms with van der Waals surface area (Å²) < 4.78 is 0. The molecule has 1 fully saturated rings. The average molecular weight is 233 g/mol. The molecule has 1 aromatic carbocycles. The lowest BCUT2D eigenvalue weighted by Crippen LogP contribution is -2.25. The minimum absolute atomic E-state index is 0.147. The first-order valence-corrected chi connectivity index (χ1v) is 6.57. The second-order valence-corrected chi connectivity index (χ2v) is 5.83. The summed E-state index contributed by atoms with van der Waals surface area (Å²) in [5.74, 6) is 0.644. The summed E-state index contributed by atoms with van der Waals surface area (Å²) in [7, 11) is 0. The highest BCUT2D eigenvalue weighted by Gasteiger charge is 2.37. The second kappa shape index (κ2) is 4.79. The van der Waals surface area contributed by atoms with Crippen LogP contribution < -0.4 is 5.73 Å².